The molecule has 1 aromatic heterocycles. The highest BCUT2D eigenvalue weighted by molar-refractivity contribution is 5.87. The second-order valence-electron chi connectivity index (χ2n) is 7.72. The van der Waals surface area contributed by atoms with E-state index in [1.807, 2.05) is 18.2 Å². The summed E-state index contributed by atoms with van der Waals surface area (Å²) < 4.78 is 0. The standard InChI is InChI=1S/C24H31N5O/c1-17-9-8-12-21-23(17)20(15-26-21)13-14-25-24(27-16-22(30)29(3)4)28-18(2)19-10-6-5-7-11-19/h5-12,15,18,26H,13-14,16H2,1-4H3,(H2,25,27,28). The molecule has 1 atom stereocenters. The Morgan fingerprint density at radius 2 is 1.90 bits per heavy atom. The first-order valence-electron chi connectivity index (χ1n) is 10.3. The number of carbonyl (C=O) groups excluding carboxylic acids is 1. The molecule has 3 aromatic rings. The Bertz CT molecular complexity index is 1010. The quantitative estimate of drug-likeness (QED) is 0.417. The minimum absolute atomic E-state index is 0.0317. The van der Waals surface area contributed by atoms with Gasteiger partial charge in [0.05, 0.1) is 6.04 Å². The predicted octanol–water partition coefficient (Wildman–Crippen LogP) is 3.40. The van der Waals surface area contributed by atoms with E-state index in [-0.39, 0.29) is 18.5 Å². The van der Waals surface area contributed by atoms with Gasteiger partial charge in [-0.3, -0.25) is 4.79 Å². The van der Waals surface area contributed by atoms with E-state index in [0.717, 1.165) is 17.5 Å². The number of benzene rings is 2. The largest absolute Gasteiger partial charge is 0.361 e. The fraction of sp³-hybridized carbons (Fsp3) is 0.333. The van der Waals surface area contributed by atoms with E-state index in [2.05, 4.69) is 71.0 Å². The molecule has 0 saturated heterocycles. The third kappa shape index (κ3) is 5.41. The minimum Gasteiger partial charge on any atom is -0.361 e. The lowest BCUT2D eigenvalue weighted by Gasteiger charge is -2.19. The maximum atomic E-state index is 12.0. The van der Waals surface area contributed by atoms with Crippen LogP contribution in [0.25, 0.3) is 10.9 Å². The summed E-state index contributed by atoms with van der Waals surface area (Å²) in [5.41, 5.74) is 4.87. The molecule has 0 radical (unpaired) electrons. The maximum Gasteiger partial charge on any atom is 0.243 e. The van der Waals surface area contributed by atoms with E-state index in [9.17, 15) is 4.79 Å². The van der Waals surface area contributed by atoms with Gasteiger partial charge >= 0.3 is 0 Å². The van der Waals surface area contributed by atoms with Crippen molar-refractivity contribution in [3.05, 3.63) is 71.4 Å². The van der Waals surface area contributed by atoms with Crippen LogP contribution in [-0.2, 0) is 11.2 Å². The molecule has 3 rings (SSSR count). The maximum absolute atomic E-state index is 12.0. The van der Waals surface area contributed by atoms with Crippen molar-refractivity contribution < 1.29 is 4.79 Å². The van der Waals surface area contributed by atoms with Crippen molar-refractivity contribution in [2.75, 3.05) is 27.2 Å². The predicted molar refractivity (Wildman–Crippen MR) is 124 cm³/mol. The number of guanidine groups is 1. The lowest BCUT2D eigenvalue weighted by molar-refractivity contribution is -0.127. The molecule has 1 heterocycles. The van der Waals surface area contributed by atoms with Gasteiger partial charge in [0.2, 0.25) is 5.91 Å². The van der Waals surface area contributed by atoms with Crippen LogP contribution in [0.15, 0.2) is 59.7 Å². The number of amides is 1. The van der Waals surface area contributed by atoms with Crippen LogP contribution < -0.4 is 10.6 Å². The molecule has 0 saturated carbocycles. The average molecular weight is 406 g/mol. The van der Waals surface area contributed by atoms with E-state index in [1.165, 1.54) is 16.5 Å². The molecule has 1 unspecified atom stereocenters. The van der Waals surface area contributed by atoms with Crippen LogP contribution in [-0.4, -0.2) is 48.9 Å². The number of fused-ring (bicyclic) bond motifs is 1. The number of aryl methyl sites for hydroxylation is 1. The number of aromatic amines is 1. The van der Waals surface area contributed by atoms with Crippen LogP contribution in [0.3, 0.4) is 0 Å². The normalized spacial score (nSPS) is 12.6. The van der Waals surface area contributed by atoms with Crippen molar-refractivity contribution in [2.45, 2.75) is 26.3 Å². The number of nitrogens with one attached hydrogen (secondary N) is 3. The van der Waals surface area contributed by atoms with Crippen LogP contribution in [0.5, 0.6) is 0 Å². The molecule has 3 N–H and O–H groups in total. The van der Waals surface area contributed by atoms with Gasteiger partial charge in [-0.1, -0.05) is 42.5 Å². The van der Waals surface area contributed by atoms with Gasteiger partial charge in [-0.25, -0.2) is 4.99 Å². The Hall–Kier alpha value is -3.28. The van der Waals surface area contributed by atoms with E-state index < -0.39 is 0 Å². The van der Waals surface area contributed by atoms with Crippen LogP contribution in [0, 0.1) is 6.92 Å². The molecule has 1 amide bonds. The summed E-state index contributed by atoms with van der Waals surface area (Å²) in [6, 6.07) is 16.6. The molecule has 30 heavy (non-hydrogen) atoms. The molecule has 158 valence electrons. The molecule has 2 aromatic carbocycles. The summed E-state index contributed by atoms with van der Waals surface area (Å²) in [4.78, 5) is 21.4. The first-order chi connectivity index (χ1) is 14.5. The number of rotatable bonds is 7. The van der Waals surface area contributed by atoms with Crippen LogP contribution in [0.2, 0.25) is 0 Å². The van der Waals surface area contributed by atoms with Gasteiger partial charge in [0.25, 0.3) is 0 Å². The third-order valence-corrected chi connectivity index (χ3v) is 5.21. The molecular weight excluding hydrogens is 374 g/mol. The fourth-order valence-corrected chi connectivity index (χ4v) is 3.43. The van der Waals surface area contributed by atoms with Crippen molar-refractivity contribution in [3.63, 3.8) is 0 Å². The molecule has 0 fully saturated rings. The number of hydrogen-bond donors (Lipinski definition) is 3. The summed E-state index contributed by atoms with van der Waals surface area (Å²) in [6.45, 7) is 5.04. The molecule has 0 aliphatic heterocycles. The SMILES string of the molecule is Cc1cccc2[nH]cc(CCNC(=NCC(=O)N(C)C)NC(C)c3ccccc3)c12. The van der Waals surface area contributed by atoms with Crippen molar-refractivity contribution in [2.24, 2.45) is 4.99 Å². The number of likely N-dealkylation sites (N-methyl/N-ethyl adjacent to an activating group) is 1. The van der Waals surface area contributed by atoms with Crippen LogP contribution in [0.4, 0.5) is 0 Å². The second kappa shape index (κ2) is 9.96. The second-order valence-corrected chi connectivity index (χ2v) is 7.72. The highest BCUT2D eigenvalue weighted by Gasteiger charge is 2.11. The molecule has 6 nitrogen and oxygen atoms in total. The van der Waals surface area contributed by atoms with Crippen molar-refractivity contribution >= 4 is 22.8 Å². The van der Waals surface area contributed by atoms with Gasteiger partial charge in [0, 0.05) is 37.7 Å². The van der Waals surface area contributed by atoms with E-state index in [0.29, 0.717) is 12.5 Å². The van der Waals surface area contributed by atoms with Gasteiger partial charge < -0.3 is 20.5 Å². The third-order valence-electron chi connectivity index (χ3n) is 5.21. The molecule has 0 spiro atoms. The number of aromatic nitrogens is 1. The monoisotopic (exact) mass is 405 g/mol. The Kier molecular flexibility index (Phi) is 7.12. The summed E-state index contributed by atoms with van der Waals surface area (Å²) in [5, 5.41) is 8.09. The molecular formula is C24H31N5O. The molecule has 0 aliphatic carbocycles. The van der Waals surface area contributed by atoms with Gasteiger partial charge in [-0.2, -0.15) is 0 Å². The fourth-order valence-electron chi connectivity index (χ4n) is 3.43. The Balaban J connectivity index is 1.68. The highest BCUT2D eigenvalue weighted by Crippen LogP contribution is 2.22. The first kappa shape index (κ1) is 21.4. The Morgan fingerprint density at radius 3 is 2.63 bits per heavy atom. The summed E-state index contributed by atoms with van der Waals surface area (Å²) >= 11 is 0. The minimum atomic E-state index is -0.0317. The number of nitrogens with zero attached hydrogens (tertiary/aromatic N) is 2. The molecule has 0 bridgehead atoms. The smallest absolute Gasteiger partial charge is 0.243 e. The Morgan fingerprint density at radius 1 is 1.13 bits per heavy atom. The van der Waals surface area contributed by atoms with Gasteiger partial charge in [-0.05, 0) is 43.0 Å². The van der Waals surface area contributed by atoms with Gasteiger partial charge in [0.15, 0.2) is 5.96 Å². The number of carbonyl (C=O) groups is 1. The van der Waals surface area contributed by atoms with Gasteiger partial charge in [0.1, 0.15) is 6.54 Å². The van der Waals surface area contributed by atoms with Crippen molar-refractivity contribution in [1.82, 2.24) is 20.5 Å². The number of H-pyrrole nitrogens is 1. The summed E-state index contributed by atoms with van der Waals surface area (Å²) in [5.74, 6) is 0.605. The highest BCUT2D eigenvalue weighted by atomic mass is 16.2. The van der Waals surface area contributed by atoms with Crippen molar-refractivity contribution in [3.8, 4) is 0 Å². The summed E-state index contributed by atoms with van der Waals surface area (Å²) in [6.07, 6.45) is 2.93. The van der Waals surface area contributed by atoms with E-state index in [4.69, 9.17) is 0 Å². The van der Waals surface area contributed by atoms with Gasteiger partial charge in [-0.15, -0.1) is 0 Å². The first-order valence-corrected chi connectivity index (χ1v) is 10.3. The molecule has 0 aliphatic rings. The topological polar surface area (TPSA) is 72.5 Å². The number of aliphatic imine (C=N–C) groups is 1. The zero-order valence-electron chi connectivity index (χ0n) is 18.2. The van der Waals surface area contributed by atoms with E-state index in [1.54, 1.807) is 19.0 Å². The van der Waals surface area contributed by atoms with Crippen LogP contribution in [0.1, 0.15) is 29.7 Å². The average Bonchev–Trinajstić information content (AvgIpc) is 3.16. The van der Waals surface area contributed by atoms with Crippen LogP contribution >= 0.6 is 0 Å². The number of hydrogen-bond acceptors (Lipinski definition) is 2. The zero-order chi connectivity index (χ0) is 21.5. The summed E-state index contributed by atoms with van der Waals surface area (Å²) in [7, 11) is 3.48. The van der Waals surface area contributed by atoms with Crippen molar-refractivity contribution in [1.29, 1.82) is 0 Å². The lowest BCUT2D eigenvalue weighted by Crippen LogP contribution is -2.40. The van der Waals surface area contributed by atoms with E-state index >= 15 is 0 Å². The Labute approximate surface area is 178 Å². The lowest BCUT2D eigenvalue weighted by atomic mass is 10.1. The molecule has 6 heteroatoms. The zero-order valence-corrected chi connectivity index (χ0v) is 18.2.